The molecule has 1 unspecified atom stereocenters. The fraction of sp³-hybridized carbons (Fsp3) is 0.480. The first-order valence-corrected chi connectivity index (χ1v) is 12.5. The Balaban J connectivity index is 1.73. The minimum Gasteiger partial charge on any atom is -0.494 e. The second-order valence-electron chi connectivity index (χ2n) is 8.36. The highest BCUT2D eigenvalue weighted by molar-refractivity contribution is 7.97. The van der Waals surface area contributed by atoms with E-state index in [0.29, 0.717) is 12.4 Å². The zero-order valence-electron chi connectivity index (χ0n) is 20.2. The number of benzene rings is 2. The van der Waals surface area contributed by atoms with Crippen molar-refractivity contribution in [3.8, 4) is 5.75 Å². The summed E-state index contributed by atoms with van der Waals surface area (Å²) < 4.78 is 20.6. The number of methoxy groups -OCH3 is 1. The third-order valence-corrected chi connectivity index (χ3v) is 7.12. The number of hydrogen-bond acceptors (Lipinski definition) is 8. The summed E-state index contributed by atoms with van der Waals surface area (Å²) in [5.41, 5.74) is 6.05. The quantitative estimate of drug-likeness (QED) is 0.352. The van der Waals surface area contributed by atoms with Gasteiger partial charge in [-0.05, 0) is 48.2 Å². The van der Waals surface area contributed by atoms with Gasteiger partial charge in [0, 0.05) is 31.8 Å². The number of carbonyl (C=O) groups excluding carboxylic acids is 1. The topological polar surface area (TPSA) is 78.7 Å². The molecule has 1 saturated heterocycles. The summed E-state index contributed by atoms with van der Waals surface area (Å²) in [6.07, 6.45) is 0.234. The number of hydrogen-bond donors (Lipinski definition) is 0. The van der Waals surface area contributed by atoms with Crippen LogP contribution in [-0.2, 0) is 27.9 Å². The summed E-state index contributed by atoms with van der Waals surface area (Å²) in [6, 6.07) is 10.4. The first-order chi connectivity index (χ1) is 16.5. The molecule has 1 aliphatic rings. The van der Waals surface area contributed by atoms with E-state index in [2.05, 4.69) is 39.7 Å². The van der Waals surface area contributed by atoms with Gasteiger partial charge in [0.15, 0.2) is 0 Å². The number of carbonyl (C=O) groups is 1. The van der Waals surface area contributed by atoms with Gasteiger partial charge in [-0.3, -0.25) is 4.79 Å². The van der Waals surface area contributed by atoms with Gasteiger partial charge >= 0.3 is 5.97 Å². The molecule has 182 valence electrons. The maximum Gasteiger partial charge on any atom is 0.306 e. The summed E-state index contributed by atoms with van der Waals surface area (Å²) in [6.45, 7) is 7.56. The van der Waals surface area contributed by atoms with Gasteiger partial charge in [0.2, 0.25) is 0 Å². The van der Waals surface area contributed by atoms with Crippen LogP contribution in [0, 0.1) is 6.92 Å². The molecule has 1 aromatic heterocycles. The van der Waals surface area contributed by atoms with E-state index in [-0.39, 0.29) is 18.3 Å². The molecule has 8 nitrogen and oxygen atoms in total. The second kappa shape index (κ2) is 11.2. The van der Waals surface area contributed by atoms with Gasteiger partial charge in [0.25, 0.3) is 0 Å². The number of aryl methyl sites for hydroxylation is 2. The fourth-order valence-electron chi connectivity index (χ4n) is 4.30. The van der Waals surface area contributed by atoms with Gasteiger partial charge in [0.05, 0.1) is 33.4 Å². The van der Waals surface area contributed by atoms with Crippen LogP contribution < -0.4 is 4.74 Å². The lowest BCUT2D eigenvalue weighted by molar-refractivity contribution is -0.143. The van der Waals surface area contributed by atoms with Crippen molar-refractivity contribution in [1.29, 1.82) is 0 Å². The van der Waals surface area contributed by atoms with Crippen molar-refractivity contribution < 1.29 is 19.0 Å². The van der Waals surface area contributed by atoms with Crippen LogP contribution >= 0.6 is 11.9 Å². The Bertz CT molecular complexity index is 1140. The molecule has 0 aliphatic carbocycles. The van der Waals surface area contributed by atoms with E-state index >= 15 is 0 Å². The third-order valence-electron chi connectivity index (χ3n) is 6.09. The number of esters is 1. The summed E-state index contributed by atoms with van der Waals surface area (Å²) in [5, 5.41) is 8.44. The SMILES string of the molecule is CCOC(=O)CC(c1ccc(C)c(CN2CCOCCS2)c1)c1cc(OC)c2c(c1)nnn2C. The van der Waals surface area contributed by atoms with Crippen LogP contribution in [0.2, 0.25) is 0 Å². The highest BCUT2D eigenvalue weighted by Gasteiger charge is 2.23. The van der Waals surface area contributed by atoms with Crippen molar-refractivity contribution in [2.75, 3.05) is 39.2 Å². The Morgan fingerprint density at radius 1 is 1.24 bits per heavy atom. The Kier molecular flexibility index (Phi) is 8.07. The molecule has 0 radical (unpaired) electrons. The first kappa shape index (κ1) is 24.5. The Labute approximate surface area is 204 Å². The molecule has 1 fully saturated rings. The molecule has 1 atom stereocenters. The van der Waals surface area contributed by atoms with Crippen LogP contribution in [0.5, 0.6) is 5.75 Å². The molecule has 0 amide bonds. The third kappa shape index (κ3) is 5.54. The molecule has 0 saturated carbocycles. The standard InChI is InChI=1S/C25H32N4O4S/c1-5-33-24(30)15-21(19-13-22-25(23(14-19)31-4)28(3)27-26-22)18-7-6-17(2)20(12-18)16-29-8-9-32-10-11-34-29/h6-7,12-14,21H,5,8-11,15-16H2,1-4H3. The molecule has 1 aliphatic heterocycles. The predicted octanol–water partition coefficient (Wildman–Crippen LogP) is 3.85. The molecule has 2 aromatic carbocycles. The van der Waals surface area contributed by atoms with Crippen molar-refractivity contribution >= 4 is 29.0 Å². The van der Waals surface area contributed by atoms with E-state index in [1.165, 1.54) is 11.1 Å². The summed E-state index contributed by atoms with van der Waals surface area (Å²) in [5.74, 6) is 1.22. The van der Waals surface area contributed by atoms with Gasteiger partial charge in [0.1, 0.15) is 16.8 Å². The summed E-state index contributed by atoms with van der Waals surface area (Å²) in [7, 11) is 3.48. The normalized spacial score (nSPS) is 15.8. The molecule has 9 heteroatoms. The van der Waals surface area contributed by atoms with E-state index < -0.39 is 0 Å². The van der Waals surface area contributed by atoms with Crippen molar-refractivity contribution in [2.24, 2.45) is 7.05 Å². The van der Waals surface area contributed by atoms with Crippen LogP contribution in [0.3, 0.4) is 0 Å². The number of aromatic nitrogens is 3. The molecule has 2 heterocycles. The number of fused-ring (bicyclic) bond motifs is 1. The number of ether oxygens (including phenoxy) is 3. The molecule has 34 heavy (non-hydrogen) atoms. The summed E-state index contributed by atoms with van der Waals surface area (Å²) >= 11 is 1.82. The highest BCUT2D eigenvalue weighted by atomic mass is 32.2. The average molecular weight is 485 g/mol. The minimum atomic E-state index is -0.229. The minimum absolute atomic E-state index is 0.196. The molecule has 3 aromatic rings. The zero-order valence-corrected chi connectivity index (χ0v) is 21.1. The molecule has 0 N–H and O–H groups in total. The van der Waals surface area contributed by atoms with E-state index in [1.807, 2.05) is 38.1 Å². The predicted molar refractivity (Wildman–Crippen MR) is 133 cm³/mol. The number of rotatable bonds is 8. The van der Waals surface area contributed by atoms with Crippen LogP contribution in [0.15, 0.2) is 30.3 Å². The van der Waals surface area contributed by atoms with Gasteiger partial charge in [-0.2, -0.15) is 0 Å². The number of nitrogens with zero attached hydrogens (tertiary/aromatic N) is 4. The molecule has 4 rings (SSSR count). The van der Waals surface area contributed by atoms with Crippen molar-refractivity contribution in [1.82, 2.24) is 19.3 Å². The molecular formula is C25H32N4O4S. The van der Waals surface area contributed by atoms with Gasteiger partial charge in [-0.25, -0.2) is 8.99 Å². The largest absolute Gasteiger partial charge is 0.494 e. The van der Waals surface area contributed by atoms with E-state index in [1.54, 1.807) is 11.8 Å². The van der Waals surface area contributed by atoms with Gasteiger partial charge < -0.3 is 14.2 Å². The second-order valence-corrected chi connectivity index (χ2v) is 9.54. The van der Waals surface area contributed by atoms with Crippen LogP contribution in [-0.4, -0.2) is 64.5 Å². The van der Waals surface area contributed by atoms with Gasteiger partial charge in [-0.15, -0.1) is 5.10 Å². The van der Waals surface area contributed by atoms with E-state index in [4.69, 9.17) is 14.2 Å². The lowest BCUT2D eigenvalue weighted by Gasteiger charge is -2.22. The molecule has 0 bridgehead atoms. The lowest BCUT2D eigenvalue weighted by atomic mass is 9.86. The Morgan fingerprint density at radius 2 is 2.09 bits per heavy atom. The Hall–Kier alpha value is -2.62. The summed E-state index contributed by atoms with van der Waals surface area (Å²) in [4.78, 5) is 12.6. The van der Waals surface area contributed by atoms with Crippen molar-refractivity contribution in [3.63, 3.8) is 0 Å². The van der Waals surface area contributed by atoms with Crippen molar-refractivity contribution in [3.05, 3.63) is 52.6 Å². The maximum absolute atomic E-state index is 12.6. The van der Waals surface area contributed by atoms with Crippen molar-refractivity contribution in [2.45, 2.75) is 32.7 Å². The van der Waals surface area contributed by atoms with Crippen LogP contribution in [0.25, 0.3) is 11.0 Å². The molecule has 0 spiro atoms. The maximum atomic E-state index is 12.6. The average Bonchev–Trinajstić information content (AvgIpc) is 3.03. The first-order valence-electron chi connectivity index (χ1n) is 11.6. The fourth-order valence-corrected chi connectivity index (χ4v) is 5.18. The molecular weight excluding hydrogens is 452 g/mol. The highest BCUT2D eigenvalue weighted by Crippen LogP contribution is 2.36. The van der Waals surface area contributed by atoms with Crippen LogP contribution in [0.1, 0.15) is 41.5 Å². The van der Waals surface area contributed by atoms with Gasteiger partial charge in [-0.1, -0.05) is 35.4 Å². The smallest absolute Gasteiger partial charge is 0.306 e. The zero-order chi connectivity index (χ0) is 24.1. The van der Waals surface area contributed by atoms with Crippen LogP contribution in [0.4, 0.5) is 0 Å². The van der Waals surface area contributed by atoms with E-state index in [0.717, 1.165) is 54.2 Å². The van der Waals surface area contributed by atoms with E-state index in [9.17, 15) is 4.79 Å². The lowest BCUT2D eigenvalue weighted by Crippen LogP contribution is -2.19. The Morgan fingerprint density at radius 3 is 2.88 bits per heavy atom. The monoisotopic (exact) mass is 484 g/mol.